The molecule has 1 unspecified atom stereocenters. The summed E-state index contributed by atoms with van der Waals surface area (Å²) in [6.45, 7) is 1.76. The van der Waals surface area contributed by atoms with Crippen molar-refractivity contribution in [2.24, 2.45) is 5.73 Å². The van der Waals surface area contributed by atoms with E-state index >= 15 is 0 Å². The average molecular weight is 279 g/mol. The van der Waals surface area contributed by atoms with Crippen LogP contribution in [0.25, 0.3) is 0 Å². The monoisotopic (exact) mass is 279 g/mol. The Morgan fingerprint density at radius 3 is 2.15 bits per heavy atom. The van der Waals surface area contributed by atoms with Gasteiger partial charge in [-0.05, 0) is 61.2 Å². The molecule has 0 saturated heterocycles. The van der Waals surface area contributed by atoms with Crippen LogP contribution in [0.3, 0.4) is 0 Å². The number of hydrogen-bond acceptors (Lipinski definition) is 1. The Labute approximate surface area is 116 Å². The van der Waals surface area contributed by atoms with Crippen LogP contribution < -0.4 is 5.73 Å². The number of hydrogen-bond donors (Lipinski definition) is 1. The molecule has 0 radical (unpaired) electrons. The second kappa shape index (κ2) is 5.67. The van der Waals surface area contributed by atoms with Gasteiger partial charge in [-0.15, -0.1) is 0 Å². The van der Waals surface area contributed by atoms with Gasteiger partial charge in [0.05, 0.1) is 0 Å². The average Bonchev–Trinajstić information content (AvgIpc) is 2.36. The smallest absolute Gasteiger partial charge is 0.126 e. The van der Waals surface area contributed by atoms with Crippen LogP contribution in [0.5, 0.6) is 0 Å². The van der Waals surface area contributed by atoms with Crippen molar-refractivity contribution >= 4 is 0 Å². The Morgan fingerprint density at radius 1 is 0.900 bits per heavy atom. The van der Waals surface area contributed by atoms with Crippen LogP contribution in [0.4, 0.5) is 13.2 Å². The van der Waals surface area contributed by atoms with E-state index < -0.39 is 17.2 Å². The highest BCUT2D eigenvalue weighted by atomic mass is 19.1. The molecule has 0 aromatic heterocycles. The molecule has 0 bridgehead atoms. The summed E-state index contributed by atoms with van der Waals surface area (Å²) in [5, 5.41) is 0. The summed E-state index contributed by atoms with van der Waals surface area (Å²) < 4.78 is 39.6. The molecular weight excluding hydrogens is 263 g/mol. The van der Waals surface area contributed by atoms with Crippen molar-refractivity contribution in [2.45, 2.75) is 25.3 Å². The first-order valence-electron chi connectivity index (χ1n) is 6.33. The Bertz CT molecular complexity index is 591. The number of nitrogens with two attached hydrogens (primary N) is 1. The van der Waals surface area contributed by atoms with E-state index in [-0.39, 0.29) is 17.8 Å². The lowest BCUT2D eigenvalue weighted by atomic mass is 9.87. The van der Waals surface area contributed by atoms with Gasteiger partial charge in [-0.2, -0.15) is 0 Å². The fourth-order valence-electron chi connectivity index (χ4n) is 2.24. The molecule has 0 aliphatic carbocycles. The lowest BCUT2D eigenvalue weighted by Crippen LogP contribution is -2.41. The summed E-state index contributed by atoms with van der Waals surface area (Å²) in [7, 11) is 0. The quantitative estimate of drug-likeness (QED) is 0.909. The first kappa shape index (κ1) is 14.6. The van der Waals surface area contributed by atoms with Gasteiger partial charge in [0.2, 0.25) is 0 Å². The molecular formula is C16H16F3N. The predicted molar refractivity (Wildman–Crippen MR) is 72.8 cm³/mol. The molecule has 2 aromatic carbocycles. The fraction of sp³-hybridized carbons (Fsp3) is 0.250. The molecule has 20 heavy (non-hydrogen) atoms. The molecule has 0 heterocycles. The molecule has 0 fully saturated rings. The van der Waals surface area contributed by atoms with E-state index in [1.165, 1.54) is 12.1 Å². The highest BCUT2D eigenvalue weighted by Gasteiger charge is 2.22. The Balaban J connectivity index is 2.14. The lowest BCUT2D eigenvalue weighted by Gasteiger charge is -2.25. The van der Waals surface area contributed by atoms with Gasteiger partial charge in [0.1, 0.15) is 17.5 Å². The van der Waals surface area contributed by atoms with Crippen molar-refractivity contribution in [3.8, 4) is 0 Å². The van der Waals surface area contributed by atoms with E-state index in [0.29, 0.717) is 6.42 Å². The molecule has 2 aromatic rings. The predicted octanol–water partition coefficient (Wildman–Crippen LogP) is 3.61. The molecule has 0 aliphatic rings. The van der Waals surface area contributed by atoms with Crippen molar-refractivity contribution < 1.29 is 13.2 Å². The van der Waals surface area contributed by atoms with Crippen LogP contribution >= 0.6 is 0 Å². The zero-order chi connectivity index (χ0) is 14.8. The lowest BCUT2D eigenvalue weighted by molar-refractivity contribution is 0.448. The molecule has 2 N–H and O–H groups in total. The van der Waals surface area contributed by atoms with Gasteiger partial charge in [-0.25, -0.2) is 13.2 Å². The molecule has 2 rings (SSSR count). The van der Waals surface area contributed by atoms with Crippen LogP contribution in [0.2, 0.25) is 0 Å². The first-order valence-corrected chi connectivity index (χ1v) is 6.33. The Hall–Kier alpha value is -1.81. The molecule has 106 valence electrons. The van der Waals surface area contributed by atoms with E-state index in [0.717, 1.165) is 23.8 Å². The number of halogens is 3. The summed E-state index contributed by atoms with van der Waals surface area (Å²) >= 11 is 0. The van der Waals surface area contributed by atoms with Crippen molar-refractivity contribution in [1.82, 2.24) is 0 Å². The van der Waals surface area contributed by atoms with Crippen molar-refractivity contribution in [2.75, 3.05) is 0 Å². The third-order valence-corrected chi connectivity index (χ3v) is 3.12. The molecule has 0 saturated carbocycles. The summed E-state index contributed by atoms with van der Waals surface area (Å²) in [5.41, 5.74) is 6.51. The third kappa shape index (κ3) is 3.84. The van der Waals surface area contributed by atoms with Crippen molar-refractivity contribution in [3.63, 3.8) is 0 Å². The first-order chi connectivity index (χ1) is 9.35. The summed E-state index contributed by atoms with van der Waals surface area (Å²) in [6, 6.07) is 9.32. The Morgan fingerprint density at radius 2 is 1.50 bits per heavy atom. The van der Waals surface area contributed by atoms with Gasteiger partial charge in [-0.3, -0.25) is 0 Å². The highest BCUT2D eigenvalue weighted by Crippen LogP contribution is 2.19. The summed E-state index contributed by atoms with van der Waals surface area (Å²) in [4.78, 5) is 0. The standard InChI is InChI=1S/C16H16F3N/c1-16(20,9-11-2-4-13(17)5-3-11)10-12-8-14(18)6-7-15(12)19/h2-8H,9-10,20H2,1H3. The second-order valence-electron chi connectivity index (χ2n) is 5.37. The highest BCUT2D eigenvalue weighted by molar-refractivity contribution is 5.24. The van der Waals surface area contributed by atoms with Crippen molar-refractivity contribution in [3.05, 3.63) is 71.0 Å². The molecule has 0 amide bonds. The zero-order valence-electron chi connectivity index (χ0n) is 11.2. The van der Waals surface area contributed by atoms with Gasteiger partial charge in [-0.1, -0.05) is 12.1 Å². The van der Waals surface area contributed by atoms with Crippen LogP contribution in [-0.2, 0) is 12.8 Å². The topological polar surface area (TPSA) is 26.0 Å². The van der Waals surface area contributed by atoms with E-state index in [2.05, 4.69) is 0 Å². The molecule has 1 nitrogen and oxygen atoms in total. The summed E-state index contributed by atoms with van der Waals surface area (Å²) in [6.07, 6.45) is 0.650. The maximum absolute atomic E-state index is 13.6. The van der Waals surface area contributed by atoms with Crippen molar-refractivity contribution in [1.29, 1.82) is 0 Å². The summed E-state index contributed by atoms with van der Waals surface area (Å²) in [5.74, 6) is -1.27. The third-order valence-electron chi connectivity index (χ3n) is 3.12. The minimum Gasteiger partial charge on any atom is -0.325 e. The SMILES string of the molecule is CC(N)(Cc1ccc(F)cc1)Cc1cc(F)ccc1F. The Kier molecular flexibility index (Phi) is 4.14. The molecule has 1 atom stereocenters. The van der Waals surface area contributed by atoms with Crippen LogP contribution in [-0.4, -0.2) is 5.54 Å². The second-order valence-corrected chi connectivity index (χ2v) is 5.37. The van der Waals surface area contributed by atoms with Gasteiger partial charge >= 0.3 is 0 Å². The molecule has 0 aliphatic heterocycles. The molecule has 4 heteroatoms. The maximum Gasteiger partial charge on any atom is 0.126 e. The normalized spacial score (nSPS) is 14.1. The van der Waals surface area contributed by atoms with Gasteiger partial charge in [0, 0.05) is 5.54 Å². The van der Waals surface area contributed by atoms with Gasteiger partial charge in [0.15, 0.2) is 0 Å². The van der Waals surface area contributed by atoms with Crippen LogP contribution in [0.1, 0.15) is 18.1 Å². The number of benzene rings is 2. The van der Waals surface area contributed by atoms with Gasteiger partial charge in [0.25, 0.3) is 0 Å². The zero-order valence-corrected chi connectivity index (χ0v) is 11.2. The van der Waals surface area contributed by atoms with Crippen LogP contribution in [0.15, 0.2) is 42.5 Å². The van der Waals surface area contributed by atoms with E-state index in [1.807, 2.05) is 0 Å². The largest absolute Gasteiger partial charge is 0.325 e. The van der Waals surface area contributed by atoms with Crippen LogP contribution in [0, 0.1) is 17.5 Å². The number of rotatable bonds is 4. The fourth-order valence-corrected chi connectivity index (χ4v) is 2.24. The minimum atomic E-state index is -0.744. The van der Waals surface area contributed by atoms with E-state index in [4.69, 9.17) is 5.73 Å². The van der Waals surface area contributed by atoms with Gasteiger partial charge < -0.3 is 5.73 Å². The molecule has 0 spiro atoms. The van der Waals surface area contributed by atoms with E-state index in [9.17, 15) is 13.2 Å². The van der Waals surface area contributed by atoms with E-state index in [1.54, 1.807) is 19.1 Å². The minimum absolute atomic E-state index is 0.202. The maximum atomic E-state index is 13.6.